The van der Waals surface area contributed by atoms with Crippen molar-refractivity contribution in [3.63, 3.8) is 0 Å². The highest BCUT2D eigenvalue weighted by molar-refractivity contribution is 5.21. The van der Waals surface area contributed by atoms with Gasteiger partial charge in [-0.1, -0.05) is 30.3 Å². The second kappa shape index (κ2) is 5.02. The zero-order valence-electron chi connectivity index (χ0n) is 11.1. The summed E-state index contributed by atoms with van der Waals surface area (Å²) in [6.45, 7) is 3.66. The van der Waals surface area contributed by atoms with Gasteiger partial charge in [0.1, 0.15) is 0 Å². The van der Waals surface area contributed by atoms with Crippen LogP contribution in [0.3, 0.4) is 0 Å². The first-order valence-corrected chi connectivity index (χ1v) is 7.31. The number of nitrogens with two attached hydrogens (primary N) is 1. The molecule has 1 aromatic rings. The SMILES string of the molecule is NC1(CCN2CCC(c3ccccc3)C2)CCC1. The lowest BCUT2D eigenvalue weighted by molar-refractivity contribution is 0.195. The Morgan fingerprint density at radius 2 is 2.00 bits per heavy atom. The molecule has 98 valence electrons. The van der Waals surface area contributed by atoms with E-state index in [4.69, 9.17) is 5.73 Å². The quantitative estimate of drug-likeness (QED) is 0.882. The van der Waals surface area contributed by atoms with Gasteiger partial charge in [-0.3, -0.25) is 0 Å². The first-order valence-electron chi connectivity index (χ1n) is 7.31. The molecule has 1 atom stereocenters. The molecule has 0 aromatic heterocycles. The lowest BCUT2D eigenvalue weighted by Crippen LogP contribution is -2.48. The van der Waals surface area contributed by atoms with Gasteiger partial charge < -0.3 is 10.6 Å². The molecule has 18 heavy (non-hydrogen) atoms. The normalized spacial score (nSPS) is 27.1. The van der Waals surface area contributed by atoms with Crippen LogP contribution in [0.4, 0.5) is 0 Å². The minimum absolute atomic E-state index is 0.185. The fraction of sp³-hybridized carbons (Fsp3) is 0.625. The zero-order chi connectivity index (χ0) is 12.4. The summed E-state index contributed by atoms with van der Waals surface area (Å²) in [6, 6.07) is 10.9. The van der Waals surface area contributed by atoms with Crippen molar-refractivity contribution in [2.75, 3.05) is 19.6 Å². The van der Waals surface area contributed by atoms with Crippen molar-refractivity contribution >= 4 is 0 Å². The van der Waals surface area contributed by atoms with Crippen molar-refractivity contribution < 1.29 is 0 Å². The maximum absolute atomic E-state index is 6.30. The first kappa shape index (κ1) is 12.2. The van der Waals surface area contributed by atoms with Crippen LogP contribution in [0.15, 0.2) is 30.3 Å². The van der Waals surface area contributed by atoms with Crippen molar-refractivity contribution in [1.29, 1.82) is 0 Å². The molecule has 0 spiro atoms. The molecule has 0 amide bonds. The van der Waals surface area contributed by atoms with Crippen LogP contribution in [-0.2, 0) is 0 Å². The molecule has 1 heterocycles. The highest BCUT2D eigenvalue weighted by Gasteiger charge is 2.33. The van der Waals surface area contributed by atoms with E-state index in [1.807, 2.05) is 0 Å². The Hall–Kier alpha value is -0.860. The molecule has 0 radical (unpaired) electrons. The largest absolute Gasteiger partial charge is 0.325 e. The summed E-state index contributed by atoms with van der Waals surface area (Å²) >= 11 is 0. The average molecular weight is 244 g/mol. The number of hydrogen-bond acceptors (Lipinski definition) is 2. The van der Waals surface area contributed by atoms with Gasteiger partial charge in [0, 0.05) is 12.1 Å². The number of hydrogen-bond donors (Lipinski definition) is 1. The molecular formula is C16H24N2. The molecule has 1 aromatic carbocycles. The van der Waals surface area contributed by atoms with Crippen LogP contribution < -0.4 is 5.73 Å². The molecule has 2 heteroatoms. The summed E-state index contributed by atoms with van der Waals surface area (Å²) in [5.41, 5.74) is 7.99. The third-order valence-corrected chi connectivity index (χ3v) is 4.82. The van der Waals surface area contributed by atoms with Gasteiger partial charge >= 0.3 is 0 Å². The summed E-state index contributed by atoms with van der Waals surface area (Å²) < 4.78 is 0. The lowest BCUT2D eigenvalue weighted by Gasteiger charge is -2.39. The summed E-state index contributed by atoms with van der Waals surface area (Å²) in [6.07, 6.45) is 6.31. The highest BCUT2D eigenvalue weighted by atomic mass is 15.1. The van der Waals surface area contributed by atoms with Crippen LogP contribution >= 0.6 is 0 Å². The minimum Gasteiger partial charge on any atom is -0.325 e. The van der Waals surface area contributed by atoms with E-state index >= 15 is 0 Å². The van der Waals surface area contributed by atoms with Crippen molar-refractivity contribution in [3.05, 3.63) is 35.9 Å². The molecule has 1 aliphatic carbocycles. The number of benzene rings is 1. The van der Waals surface area contributed by atoms with Crippen molar-refractivity contribution in [2.24, 2.45) is 5.73 Å². The molecule has 1 saturated carbocycles. The Bertz CT molecular complexity index is 383. The van der Waals surface area contributed by atoms with Crippen molar-refractivity contribution in [2.45, 2.75) is 43.6 Å². The summed E-state index contributed by atoms with van der Waals surface area (Å²) in [4.78, 5) is 2.60. The van der Waals surface area contributed by atoms with Crippen LogP contribution in [0.1, 0.15) is 43.6 Å². The minimum atomic E-state index is 0.185. The third-order valence-electron chi connectivity index (χ3n) is 4.82. The van der Waals surface area contributed by atoms with E-state index in [1.165, 1.54) is 57.3 Å². The fourth-order valence-electron chi connectivity index (χ4n) is 3.29. The van der Waals surface area contributed by atoms with E-state index in [0.29, 0.717) is 0 Å². The van der Waals surface area contributed by atoms with Crippen LogP contribution in [0.25, 0.3) is 0 Å². The van der Waals surface area contributed by atoms with Crippen molar-refractivity contribution in [1.82, 2.24) is 4.90 Å². The molecule has 2 fully saturated rings. The molecule has 2 N–H and O–H groups in total. The average Bonchev–Trinajstić information content (AvgIpc) is 2.84. The predicted molar refractivity (Wildman–Crippen MR) is 75.6 cm³/mol. The smallest absolute Gasteiger partial charge is 0.0166 e. The molecular weight excluding hydrogens is 220 g/mol. The monoisotopic (exact) mass is 244 g/mol. The van der Waals surface area contributed by atoms with E-state index in [9.17, 15) is 0 Å². The zero-order valence-corrected chi connectivity index (χ0v) is 11.1. The van der Waals surface area contributed by atoms with Gasteiger partial charge in [-0.25, -0.2) is 0 Å². The molecule has 0 bridgehead atoms. The maximum Gasteiger partial charge on any atom is 0.0166 e. The van der Waals surface area contributed by atoms with Gasteiger partial charge in [0.05, 0.1) is 0 Å². The molecule has 3 rings (SSSR count). The lowest BCUT2D eigenvalue weighted by atomic mass is 9.75. The van der Waals surface area contributed by atoms with Gasteiger partial charge in [0.15, 0.2) is 0 Å². The van der Waals surface area contributed by atoms with Gasteiger partial charge in [-0.15, -0.1) is 0 Å². The van der Waals surface area contributed by atoms with E-state index in [2.05, 4.69) is 35.2 Å². The second-order valence-electron chi connectivity index (χ2n) is 6.16. The van der Waals surface area contributed by atoms with E-state index in [-0.39, 0.29) is 5.54 Å². The van der Waals surface area contributed by atoms with Gasteiger partial charge in [0.25, 0.3) is 0 Å². The van der Waals surface area contributed by atoms with Crippen LogP contribution in [-0.4, -0.2) is 30.1 Å². The molecule has 1 saturated heterocycles. The maximum atomic E-state index is 6.30. The Labute approximate surface area is 110 Å². The van der Waals surface area contributed by atoms with E-state index in [0.717, 1.165) is 5.92 Å². The Balaban J connectivity index is 1.49. The molecule has 2 aliphatic rings. The standard InChI is InChI=1S/C16H24N2/c17-16(8-4-9-16)10-12-18-11-7-15(13-18)14-5-2-1-3-6-14/h1-3,5-6,15H,4,7-13,17H2. The molecule has 1 aliphatic heterocycles. The molecule has 2 nitrogen and oxygen atoms in total. The number of rotatable bonds is 4. The van der Waals surface area contributed by atoms with Crippen LogP contribution in [0, 0.1) is 0 Å². The predicted octanol–water partition coefficient (Wildman–Crippen LogP) is 2.75. The van der Waals surface area contributed by atoms with Crippen molar-refractivity contribution in [3.8, 4) is 0 Å². The third kappa shape index (κ3) is 2.60. The van der Waals surface area contributed by atoms with Gasteiger partial charge in [-0.2, -0.15) is 0 Å². The number of likely N-dealkylation sites (tertiary alicyclic amines) is 1. The van der Waals surface area contributed by atoms with Gasteiger partial charge in [0.2, 0.25) is 0 Å². The Morgan fingerprint density at radius 3 is 2.67 bits per heavy atom. The van der Waals surface area contributed by atoms with Crippen LogP contribution in [0.5, 0.6) is 0 Å². The fourth-order valence-corrected chi connectivity index (χ4v) is 3.29. The Kier molecular flexibility index (Phi) is 3.40. The highest BCUT2D eigenvalue weighted by Crippen LogP contribution is 2.33. The van der Waals surface area contributed by atoms with Gasteiger partial charge in [-0.05, 0) is 56.7 Å². The first-order chi connectivity index (χ1) is 8.75. The molecule has 1 unspecified atom stereocenters. The van der Waals surface area contributed by atoms with E-state index in [1.54, 1.807) is 0 Å². The summed E-state index contributed by atoms with van der Waals surface area (Å²) in [5.74, 6) is 0.737. The summed E-state index contributed by atoms with van der Waals surface area (Å²) in [5, 5.41) is 0. The van der Waals surface area contributed by atoms with Crippen LogP contribution in [0.2, 0.25) is 0 Å². The Morgan fingerprint density at radius 1 is 1.22 bits per heavy atom. The second-order valence-corrected chi connectivity index (χ2v) is 6.16. The topological polar surface area (TPSA) is 29.3 Å². The summed E-state index contributed by atoms with van der Waals surface area (Å²) in [7, 11) is 0. The van der Waals surface area contributed by atoms with E-state index < -0.39 is 0 Å². The number of nitrogens with zero attached hydrogens (tertiary/aromatic N) is 1.